The molecule has 8 nitrogen and oxygen atoms in total. The third-order valence-electron chi connectivity index (χ3n) is 8.21. The summed E-state index contributed by atoms with van der Waals surface area (Å²) in [4.78, 5) is 36.6. The highest BCUT2D eigenvalue weighted by atomic mass is 16.6. The molecule has 0 aliphatic carbocycles. The van der Waals surface area contributed by atoms with Crippen molar-refractivity contribution in [3.63, 3.8) is 0 Å². The lowest BCUT2D eigenvalue weighted by Crippen LogP contribution is -2.55. The van der Waals surface area contributed by atoms with Crippen molar-refractivity contribution in [2.45, 2.75) is 154 Å². The Morgan fingerprint density at radius 3 is 1.76 bits per heavy atom. The van der Waals surface area contributed by atoms with Crippen LogP contribution in [0.2, 0.25) is 0 Å². The van der Waals surface area contributed by atoms with Gasteiger partial charge in [-0.2, -0.15) is 0 Å². The predicted molar refractivity (Wildman–Crippen MR) is 199 cm³/mol. The third-order valence-corrected chi connectivity index (χ3v) is 8.21. The standard InChI is InChI=1S/C41H71NO7/c1-6-8-10-12-14-16-18-20-22-23-25-27-29-31-39(43)48-36-37(35-47-34-33-38(41(45)46)42(3,4)5)49-40(44)32-30-28-26-24-21-19-17-15-13-11-9-7-2/h9,11,15,17,20,22,25,27,37-38H,6-8,10,12-14,16,18-19,21,23-24,26,28-36H2,1-5H3/b11-9+,17-15+,22-20+,27-25+. The molecule has 0 spiro atoms. The third kappa shape index (κ3) is 31.0. The molecule has 8 heteroatoms. The number of carboxylic acid groups (broad SMARTS) is 1. The number of hydrogen-bond donors (Lipinski definition) is 0. The zero-order valence-electron chi connectivity index (χ0n) is 31.8. The topological polar surface area (TPSA) is 102 Å². The minimum Gasteiger partial charge on any atom is -0.544 e. The Morgan fingerprint density at radius 2 is 1.18 bits per heavy atom. The minimum absolute atomic E-state index is 0.0165. The van der Waals surface area contributed by atoms with Crippen LogP contribution < -0.4 is 5.11 Å². The maximum atomic E-state index is 12.6. The number of allylic oxidation sites excluding steroid dienone is 8. The maximum Gasteiger partial charge on any atom is 0.306 e. The van der Waals surface area contributed by atoms with Crippen molar-refractivity contribution in [2.24, 2.45) is 0 Å². The highest BCUT2D eigenvalue weighted by Crippen LogP contribution is 2.12. The molecule has 0 amide bonds. The van der Waals surface area contributed by atoms with Gasteiger partial charge >= 0.3 is 11.9 Å². The van der Waals surface area contributed by atoms with Gasteiger partial charge in [0.15, 0.2) is 6.10 Å². The molecule has 0 saturated heterocycles. The Hall–Kier alpha value is -2.71. The second kappa shape index (κ2) is 32.5. The van der Waals surface area contributed by atoms with Gasteiger partial charge in [0, 0.05) is 19.3 Å². The van der Waals surface area contributed by atoms with Crippen LogP contribution >= 0.6 is 0 Å². The summed E-state index contributed by atoms with van der Waals surface area (Å²) in [6.45, 7) is 4.44. The fraction of sp³-hybridized carbons (Fsp3) is 0.732. The zero-order valence-corrected chi connectivity index (χ0v) is 31.8. The first-order chi connectivity index (χ1) is 23.6. The summed E-state index contributed by atoms with van der Waals surface area (Å²) in [6, 6.07) is -0.735. The number of likely N-dealkylation sites (N-methyl/N-ethyl adjacent to an activating group) is 1. The number of hydrogen-bond acceptors (Lipinski definition) is 7. The largest absolute Gasteiger partial charge is 0.544 e. The Bertz CT molecular complexity index is 948. The molecule has 0 radical (unpaired) electrons. The number of carboxylic acids is 1. The van der Waals surface area contributed by atoms with Crippen LogP contribution in [0.1, 0.15) is 142 Å². The number of carbonyl (C=O) groups excluding carboxylic acids is 3. The summed E-state index contributed by atoms with van der Waals surface area (Å²) in [6.07, 6.45) is 35.8. The van der Waals surface area contributed by atoms with E-state index in [1.54, 1.807) is 21.1 Å². The van der Waals surface area contributed by atoms with Gasteiger partial charge in [0.25, 0.3) is 0 Å². The molecule has 0 bridgehead atoms. The lowest BCUT2D eigenvalue weighted by atomic mass is 10.1. The summed E-state index contributed by atoms with van der Waals surface area (Å²) in [7, 11) is 5.37. The smallest absolute Gasteiger partial charge is 0.306 e. The quantitative estimate of drug-likeness (QED) is 0.0295. The van der Waals surface area contributed by atoms with Gasteiger partial charge < -0.3 is 28.6 Å². The molecule has 0 rings (SSSR count). The first-order valence-electron chi connectivity index (χ1n) is 19.2. The van der Waals surface area contributed by atoms with Gasteiger partial charge in [0.1, 0.15) is 12.6 Å². The van der Waals surface area contributed by atoms with E-state index in [1.165, 1.54) is 38.5 Å². The molecular formula is C41H71NO7. The summed E-state index contributed by atoms with van der Waals surface area (Å²) < 4.78 is 17.0. The van der Waals surface area contributed by atoms with Crippen LogP contribution in [-0.4, -0.2) is 75.5 Å². The second-order valence-corrected chi connectivity index (χ2v) is 13.8. The number of esters is 2. The van der Waals surface area contributed by atoms with Crippen molar-refractivity contribution in [1.29, 1.82) is 0 Å². The van der Waals surface area contributed by atoms with Crippen molar-refractivity contribution in [1.82, 2.24) is 0 Å². The van der Waals surface area contributed by atoms with E-state index in [0.29, 0.717) is 12.8 Å². The molecule has 282 valence electrons. The van der Waals surface area contributed by atoms with E-state index in [-0.39, 0.29) is 49.1 Å². The molecule has 0 heterocycles. The molecule has 0 fully saturated rings. The van der Waals surface area contributed by atoms with Gasteiger partial charge in [-0.25, -0.2) is 0 Å². The van der Waals surface area contributed by atoms with Crippen molar-refractivity contribution < 1.29 is 38.2 Å². The normalized spacial score (nSPS) is 13.6. The highest BCUT2D eigenvalue weighted by molar-refractivity contribution is 5.70. The Labute approximate surface area is 299 Å². The molecule has 0 aliphatic rings. The molecule has 0 aromatic rings. The maximum absolute atomic E-state index is 12.6. The van der Waals surface area contributed by atoms with Crippen LogP contribution in [0.3, 0.4) is 0 Å². The van der Waals surface area contributed by atoms with Gasteiger partial charge in [0.05, 0.1) is 40.3 Å². The Kier molecular flexibility index (Phi) is 30.7. The first-order valence-corrected chi connectivity index (χ1v) is 19.2. The number of carbonyl (C=O) groups is 3. The van der Waals surface area contributed by atoms with Crippen LogP contribution in [-0.2, 0) is 28.6 Å². The SMILES string of the molecule is CC/C=C/C/C=C/CCCCCCCC(=O)OC(COCCC(C(=O)[O-])[N+](C)(C)C)COC(=O)CC/C=C/C/C=C/CCCCCCCC. The van der Waals surface area contributed by atoms with Crippen LogP contribution in [0, 0.1) is 0 Å². The molecule has 49 heavy (non-hydrogen) atoms. The summed E-state index contributed by atoms with van der Waals surface area (Å²) in [5.41, 5.74) is 0. The van der Waals surface area contributed by atoms with E-state index >= 15 is 0 Å². The molecule has 2 atom stereocenters. The Balaban J connectivity index is 4.53. The van der Waals surface area contributed by atoms with E-state index in [0.717, 1.165) is 64.2 Å². The highest BCUT2D eigenvalue weighted by Gasteiger charge is 2.25. The van der Waals surface area contributed by atoms with Crippen LogP contribution in [0.15, 0.2) is 48.6 Å². The summed E-state index contributed by atoms with van der Waals surface area (Å²) in [5.74, 6) is -1.85. The van der Waals surface area contributed by atoms with Crippen molar-refractivity contribution in [3.8, 4) is 0 Å². The average molecular weight is 690 g/mol. The minimum atomic E-state index is -1.14. The van der Waals surface area contributed by atoms with Crippen molar-refractivity contribution in [3.05, 3.63) is 48.6 Å². The second-order valence-electron chi connectivity index (χ2n) is 13.8. The number of ether oxygens (including phenoxy) is 3. The predicted octanol–water partition coefficient (Wildman–Crippen LogP) is 8.35. The summed E-state index contributed by atoms with van der Waals surface area (Å²) in [5, 5.41) is 11.6. The summed E-state index contributed by atoms with van der Waals surface area (Å²) >= 11 is 0. The molecule has 0 aromatic carbocycles. The lowest BCUT2D eigenvalue weighted by molar-refractivity contribution is -0.889. The van der Waals surface area contributed by atoms with Crippen molar-refractivity contribution >= 4 is 17.9 Å². The van der Waals surface area contributed by atoms with Gasteiger partial charge in [-0.05, 0) is 57.8 Å². The first kappa shape index (κ1) is 46.3. The van der Waals surface area contributed by atoms with Gasteiger partial charge in [-0.15, -0.1) is 0 Å². The molecule has 2 unspecified atom stereocenters. The van der Waals surface area contributed by atoms with E-state index in [4.69, 9.17) is 14.2 Å². The fourth-order valence-electron chi connectivity index (χ4n) is 5.22. The van der Waals surface area contributed by atoms with Gasteiger partial charge in [-0.3, -0.25) is 9.59 Å². The van der Waals surface area contributed by atoms with Gasteiger partial charge in [0.2, 0.25) is 0 Å². The van der Waals surface area contributed by atoms with Crippen molar-refractivity contribution in [2.75, 3.05) is 41.0 Å². The lowest BCUT2D eigenvalue weighted by Gasteiger charge is -2.34. The van der Waals surface area contributed by atoms with Crippen LogP contribution in [0.4, 0.5) is 0 Å². The molecule has 0 N–H and O–H groups in total. The average Bonchev–Trinajstić information content (AvgIpc) is 3.05. The zero-order chi connectivity index (χ0) is 36.4. The van der Waals surface area contributed by atoms with E-state index in [1.807, 2.05) is 6.08 Å². The van der Waals surface area contributed by atoms with Gasteiger partial charge in [-0.1, -0.05) is 114 Å². The number of rotatable bonds is 33. The number of aliphatic carboxylic acids is 1. The molecule has 0 aromatic heterocycles. The van der Waals surface area contributed by atoms with E-state index in [2.05, 4.69) is 56.4 Å². The molecule has 0 saturated carbocycles. The monoisotopic (exact) mass is 690 g/mol. The number of nitrogens with zero attached hydrogens (tertiary/aromatic N) is 1. The Morgan fingerprint density at radius 1 is 0.633 bits per heavy atom. The molecule has 0 aliphatic heterocycles. The van der Waals surface area contributed by atoms with Crippen LogP contribution in [0.5, 0.6) is 0 Å². The van der Waals surface area contributed by atoms with E-state index < -0.39 is 18.1 Å². The van der Waals surface area contributed by atoms with Crippen LogP contribution in [0.25, 0.3) is 0 Å². The van der Waals surface area contributed by atoms with E-state index in [9.17, 15) is 19.5 Å². The number of quaternary nitrogens is 1. The fourth-order valence-corrected chi connectivity index (χ4v) is 5.22. The molecular weight excluding hydrogens is 618 g/mol. The number of unbranched alkanes of at least 4 members (excludes halogenated alkanes) is 11.